The van der Waals surface area contributed by atoms with Crippen LogP contribution in [0.4, 0.5) is 5.69 Å². The van der Waals surface area contributed by atoms with Crippen molar-refractivity contribution in [2.24, 2.45) is 0 Å². The number of hydrogen-bond acceptors (Lipinski definition) is 3. The van der Waals surface area contributed by atoms with E-state index in [2.05, 4.69) is 5.32 Å². The first-order valence-electron chi connectivity index (χ1n) is 11.3. The van der Waals surface area contributed by atoms with Gasteiger partial charge in [-0.1, -0.05) is 18.9 Å². The predicted molar refractivity (Wildman–Crippen MR) is 124 cm³/mol. The van der Waals surface area contributed by atoms with E-state index >= 15 is 0 Å². The first-order valence-corrected chi connectivity index (χ1v) is 11.3. The van der Waals surface area contributed by atoms with E-state index in [4.69, 9.17) is 4.42 Å². The number of amides is 2. The Kier molecular flexibility index (Phi) is 4.96. The normalized spacial score (nSPS) is 21.1. The molecule has 3 aromatic rings. The summed E-state index contributed by atoms with van der Waals surface area (Å²) < 4.78 is 7.53. The minimum absolute atomic E-state index is 0.110. The van der Waals surface area contributed by atoms with Gasteiger partial charge in [0.05, 0.1) is 18.5 Å². The maximum absolute atomic E-state index is 13.8. The van der Waals surface area contributed by atoms with Gasteiger partial charge in [0.1, 0.15) is 17.0 Å². The lowest BCUT2D eigenvalue weighted by molar-refractivity contribution is -0.127. The maximum Gasteiger partial charge on any atom is 0.275 e. The highest BCUT2D eigenvalue weighted by atomic mass is 16.3. The fraction of sp³-hybridized carbons (Fsp3) is 0.385. The Bertz CT molecular complexity index is 1170. The molecule has 1 fully saturated rings. The third-order valence-corrected chi connectivity index (χ3v) is 7.06. The number of carbonyl (C=O) groups excluding carboxylic acids is 2. The average molecular weight is 432 g/mol. The van der Waals surface area contributed by atoms with Crippen LogP contribution in [-0.4, -0.2) is 28.0 Å². The first-order chi connectivity index (χ1) is 15.4. The number of hydrogen-bond donors (Lipinski definition) is 1. The molecule has 6 heteroatoms. The quantitative estimate of drug-likeness (QED) is 0.643. The predicted octanol–water partition coefficient (Wildman–Crippen LogP) is 4.84. The second kappa shape index (κ2) is 7.69. The molecule has 1 atom stereocenters. The van der Waals surface area contributed by atoms with E-state index in [1.54, 1.807) is 11.2 Å². The molecule has 2 amide bonds. The van der Waals surface area contributed by atoms with Gasteiger partial charge < -0.3 is 14.3 Å². The van der Waals surface area contributed by atoms with Crippen LogP contribution in [0.2, 0.25) is 0 Å². The Morgan fingerprint density at radius 3 is 2.50 bits per heavy atom. The molecule has 2 aliphatic rings. The zero-order valence-corrected chi connectivity index (χ0v) is 18.9. The molecule has 1 aromatic carbocycles. The molecule has 0 spiro atoms. The van der Waals surface area contributed by atoms with Crippen molar-refractivity contribution in [3.05, 3.63) is 65.5 Å². The summed E-state index contributed by atoms with van der Waals surface area (Å²) in [5.41, 5.74) is 3.27. The van der Waals surface area contributed by atoms with Gasteiger partial charge >= 0.3 is 0 Å². The van der Waals surface area contributed by atoms with Crippen LogP contribution in [0.15, 0.2) is 53.1 Å². The van der Waals surface area contributed by atoms with Crippen LogP contribution in [0.5, 0.6) is 0 Å². The van der Waals surface area contributed by atoms with E-state index in [1.165, 1.54) is 0 Å². The highest BCUT2D eigenvalue weighted by Crippen LogP contribution is 2.37. The van der Waals surface area contributed by atoms with Crippen LogP contribution in [-0.2, 0) is 11.3 Å². The number of anilines is 1. The topological polar surface area (TPSA) is 67.5 Å². The van der Waals surface area contributed by atoms with Crippen molar-refractivity contribution < 1.29 is 14.0 Å². The van der Waals surface area contributed by atoms with Gasteiger partial charge in [0.25, 0.3) is 5.91 Å². The molecule has 1 unspecified atom stereocenters. The van der Waals surface area contributed by atoms with Gasteiger partial charge in [-0.15, -0.1) is 0 Å². The summed E-state index contributed by atoms with van der Waals surface area (Å²) in [6.07, 6.45) is 5.86. The molecule has 1 N–H and O–H groups in total. The van der Waals surface area contributed by atoms with Crippen LogP contribution in [0.1, 0.15) is 54.2 Å². The molecule has 166 valence electrons. The summed E-state index contributed by atoms with van der Waals surface area (Å²) >= 11 is 0. The fourth-order valence-electron chi connectivity index (χ4n) is 5.03. The molecule has 0 radical (unpaired) electrons. The SMILES string of the molecule is Cc1ccc(N2C(=O)c3ccc(-c4ccco4)n3CC2(C)C(=O)NC2CCCC2)cc1C. The van der Waals surface area contributed by atoms with E-state index in [1.807, 2.05) is 67.8 Å². The van der Waals surface area contributed by atoms with Gasteiger partial charge in [-0.25, -0.2) is 0 Å². The number of furan rings is 1. The molecule has 32 heavy (non-hydrogen) atoms. The zero-order valence-electron chi connectivity index (χ0n) is 18.9. The largest absolute Gasteiger partial charge is 0.463 e. The van der Waals surface area contributed by atoms with E-state index in [-0.39, 0.29) is 17.9 Å². The molecule has 6 nitrogen and oxygen atoms in total. The van der Waals surface area contributed by atoms with E-state index in [0.717, 1.165) is 48.2 Å². The molecule has 0 bridgehead atoms. The minimum Gasteiger partial charge on any atom is -0.463 e. The second-order valence-corrected chi connectivity index (χ2v) is 9.31. The van der Waals surface area contributed by atoms with Crippen LogP contribution < -0.4 is 10.2 Å². The number of nitrogens with one attached hydrogen (secondary N) is 1. The van der Waals surface area contributed by atoms with Crippen molar-refractivity contribution >= 4 is 17.5 Å². The lowest BCUT2D eigenvalue weighted by atomic mass is 9.92. The van der Waals surface area contributed by atoms with Crippen LogP contribution >= 0.6 is 0 Å². The van der Waals surface area contributed by atoms with Crippen molar-refractivity contribution in [1.82, 2.24) is 9.88 Å². The molecule has 1 aliphatic heterocycles. The number of fused-ring (bicyclic) bond motifs is 1. The number of aryl methyl sites for hydroxylation is 2. The van der Waals surface area contributed by atoms with Crippen LogP contribution in [0.3, 0.4) is 0 Å². The lowest BCUT2D eigenvalue weighted by Gasteiger charge is -2.44. The average Bonchev–Trinajstić information content (AvgIpc) is 3.52. The van der Waals surface area contributed by atoms with Gasteiger partial charge in [0, 0.05) is 11.7 Å². The van der Waals surface area contributed by atoms with Gasteiger partial charge in [0.15, 0.2) is 0 Å². The standard InChI is InChI=1S/C26H29N3O3/c1-17-10-11-20(15-18(17)2)29-24(30)22-13-12-21(23-9-6-14-32-23)28(22)16-26(29,3)25(31)27-19-7-4-5-8-19/h6,9-15,19H,4-5,7-8,16H2,1-3H3,(H,27,31). The molecular weight excluding hydrogens is 402 g/mol. The number of benzene rings is 1. The summed E-state index contributed by atoms with van der Waals surface area (Å²) in [6, 6.07) is 13.5. The fourth-order valence-corrected chi connectivity index (χ4v) is 5.03. The number of carbonyl (C=O) groups is 2. The molecule has 0 saturated heterocycles. The Morgan fingerprint density at radius 2 is 1.81 bits per heavy atom. The third kappa shape index (κ3) is 3.25. The Hall–Kier alpha value is -3.28. The summed E-state index contributed by atoms with van der Waals surface area (Å²) in [4.78, 5) is 29.3. The van der Waals surface area contributed by atoms with Gasteiger partial charge in [-0.3, -0.25) is 14.5 Å². The summed E-state index contributed by atoms with van der Waals surface area (Å²) in [6.45, 7) is 6.30. The minimum atomic E-state index is -1.07. The number of rotatable bonds is 4. The van der Waals surface area contributed by atoms with E-state index < -0.39 is 5.54 Å². The van der Waals surface area contributed by atoms with E-state index in [9.17, 15) is 9.59 Å². The van der Waals surface area contributed by atoms with Gasteiger partial charge in [0.2, 0.25) is 5.91 Å². The monoisotopic (exact) mass is 431 g/mol. The highest BCUT2D eigenvalue weighted by Gasteiger charge is 2.49. The summed E-state index contributed by atoms with van der Waals surface area (Å²) in [7, 11) is 0. The van der Waals surface area contributed by atoms with Crippen LogP contribution in [0.25, 0.3) is 11.5 Å². The van der Waals surface area contributed by atoms with Crippen LogP contribution in [0, 0.1) is 13.8 Å². The number of nitrogens with zero attached hydrogens (tertiary/aromatic N) is 2. The Balaban J connectivity index is 1.62. The van der Waals surface area contributed by atoms with Crippen molar-refractivity contribution in [2.75, 3.05) is 4.90 Å². The Labute approximate surface area is 188 Å². The molecule has 1 aliphatic carbocycles. The first kappa shape index (κ1) is 20.6. The number of aromatic nitrogens is 1. The third-order valence-electron chi connectivity index (χ3n) is 7.06. The highest BCUT2D eigenvalue weighted by molar-refractivity contribution is 6.12. The van der Waals surface area contributed by atoms with Crippen molar-refractivity contribution in [2.45, 2.75) is 64.6 Å². The van der Waals surface area contributed by atoms with E-state index in [0.29, 0.717) is 18.0 Å². The van der Waals surface area contributed by atoms with Gasteiger partial charge in [-0.2, -0.15) is 0 Å². The molecule has 2 aromatic heterocycles. The smallest absolute Gasteiger partial charge is 0.275 e. The van der Waals surface area contributed by atoms with Crippen molar-refractivity contribution in [1.29, 1.82) is 0 Å². The Morgan fingerprint density at radius 1 is 1.06 bits per heavy atom. The zero-order chi connectivity index (χ0) is 22.5. The maximum atomic E-state index is 13.8. The summed E-state index contributed by atoms with van der Waals surface area (Å²) in [5, 5.41) is 3.24. The molecule has 5 rings (SSSR count). The second-order valence-electron chi connectivity index (χ2n) is 9.31. The van der Waals surface area contributed by atoms with Crippen molar-refractivity contribution in [3.63, 3.8) is 0 Å². The summed E-state index contributed by atoms with van der Waals surface area (Å²) in [5.74, 6) is 0.393. The lowest BCUT2D eigenvalue weighted by Crippen LogP contribution is -2.65. The molecule has 1 saturated carbocycles. The molecular formula is C26H29N3O3. The molecule has 3 heterocycles. The van der Waals surface area contributed by atoms with Crippen molar-refractivity contribution in [3.8, 4) is 11.5 Å². The van der Waals surface area contributed by atoms with Gasteiger partial charge in [-0.05, 0) is 81.1 Å².